The van der Waals surface area contributed by atoms with Crippen LogP contribution in [0.4, 0.5) is 0 Å². The minimum Gasteiger partial charge on any atom is -0.347 e. The van der Waals surface area contributed by atoms with Crippen molar-refractivity contribution >= 4 is 17.7 Å². The molecule has 1 aliphatic rings. The van der Waals surface area contributed by atoms with Gasteiger partial charge in [0.15, 0.2) is 0 Å². The van der Waals surface area contributed by atoms with E-state index in [9.17, 15) is 4.79 Å². The Bertz CT molecular complexity index is 369. The van der Waals surface area contributed by atoms with E-state index in [1.165, 1.54) is 0 Å². The van der Waals surface area contributed by atoms with Crippen LogP contribution in [-0.2, 0) is 4.79 Å². The molecule has 92 valence electrons. The topological polar surface area (TPSA) is 41.1 Å². The van der Waals surface area contributed by atoms with Gasteiger partial charge in [0, 0.05) is 6.54 Å². The van der Waals surface area contributed by atoms with Crippen LogP contribution in [0.15, 0.2) is 30.3 Å². The maximum Gasteiger partial charge on any atom is 0.237 e. The van der Waals surface area contributed by atoms with Gasteiger partial charge in [-0.3, -0.25) is 4.79 Å². The summed E-state index contributed by atoms with van der Waals surface area (Å²) in [5.74, 6) is 1.14. The van der Waals surface area contributed by atoms with E-state index in [1.54, 1.807) is 11.8 Å². The van der Waals surface area contributed by atoms with Crippen molar-refractivity contribution in [3.8, 4) is 0 Å². The number of hydrogen-bond donors (Lipinski definition) is 2. The summed E-state index contributed by atoms with van der Waals surface area (Å²) in [4.78, 5) is 11.9. The fraction of sp³-hybridized carbons (Fsp3) is 0.462. The van der Waals surface area contributed by atoms with E-state index in [0.29, 0.717) is 0 Å². The van der Waals surface area contributed by atoms with Crippen LogP contribution in [0.3, 0.4) is 0 Å². The highest BCUT2D eigenvalue weighted by molar-refractivity contribution is 7.98. The Morgan fingerprint density at radius 3 is 2.76 bits per heavy atom. The first kappa shape index (κ1) is 12.5. The number of hydrogen-bond acceptors (Lipinski definition) is 3. The minimum atomic E-state index is -0.0255. The maximum atomic E-state index is 11.9. The average molecular weight is 250 g/mol. The number of carbonyl (C=O) groups is 1. The van der Waals surface area contributed by atoms with Crippen molar-refractivity contribution in [3.05, 3.63) is 35.9 Å². The standard InChI is InChI=1S/C13H18N2OS/c1-17-8-7-11-13(16)15-12(9-14-11)10-5-3-2-4-6-10/h2-6,11-12,14H,7-9H2,1H3,(H,15,16)/t11-,12+/m0/s1. The molecule has 1 aliphatic heterocycles. The summed E-state index contributed by atoms with van der Waals surface area (Å²) in [6, 6.07) is 10.2. The molecule has 3 nitrogen and oxygen atoms in total. The van der Waals surface area contributed by atoms with Crippen LogP contribution >= 0.6 is 11.8 Å². The fourth-order valence-corrected chi connectivity index (χ4v) is 2.50. The highest BCUT2D eigenvalue weighted by atomic mass is 32.2. The van der Waals surface area contributed by atoms with Gasteiger partial charge >= 0.3 is 0 Å². The number of amides is 1. The molecular weight excluding hydrogens is 232 g/mol. The summed E-state index contributed by atoms with van der Waals surface area (Å²) < 4.78 is 0. The van der Waals surface area contributed by atoms with Gasteiger partial charge in [-0.25, -0.2) is 0 Å². The average Bonchev–Trinajstić information content (AvgIpc) is 2.38. The smallest absolute Gasteiger partial charge is 0.237 e. The third-order valence-electron chi connectivity index (χ3n) is 3.01. The largest absolute Gasteiger partial charge is 0.347 e. The second-order valence-corrected chi connectivity index (χ2v) is 5.20. The lowest BCUT2D eigenvalue weighted by molar-refractivity contribution is -0.125. The van der Waals surface area contributed by atoms with E-state index in [-0.39, 0.29) is 18.0 Å². The third-order valence-corrected chi connectivity index (χ3v) is 3.66. The molecule has 2 N–H and O–H groups in total. The normalized spacial score (nSPS) is 24.4. The highest BCUT2D eigenvalue weighted by Crippen LogP contribution is 2.16. The van der Waals surface area contributed by atoms with Crippen LogP contribution in [0, 0.1) is 0 Å². The molecule has 1 amide bonds. The zero-order valence-electron chi connectivity index (χ0n) is 9.98. The minimum absolute atomic E-state index is 0.0255. The number of nitrogens with one attached hydrogen (secondary N) is 2. The van der Waals surface area contributed by atoms with E-state index in [2.05, 4.69) is 29.0 Å². The predicted molar refractivity (Wildman–Crippen MR) is 72.1 cm³/mol. The van der Waals surface area contributed by atoms with Crippen molar-refractivity contribution in [1.29, 1.82) is 0 Å². The zero-order valence-corrected chi connectivity index (χ0v) is 10.8. The Balaban J connectivity index is 1.93. The Kier molecular flexibility index (Phi) is 4.45. The van der Waals surface area contributed by atoms with Gasteiger partial charge < -0.3 is 10.6 Å². The van der Waals surface area contributed by atoms with Crippen molar-refractivity contribution in [2.45, 2.75) is 18.5 Å². The predicted octanol–water partition coefficient (Wildman–Crippen LogP) is 1.57. The Morgan fingerprint density at radius 2 is 2.12 bits per heavy atom. The van der Waals surface area contributed by atoms with Crippen LogP contribution in [-0.4, -0.2) is 30.5 Å². The molecule has 1 saturated heterocycles. The highest BCUT2D eigenvalue weighted by Gasteiger charge is 2.27. The van der Waals surface area contributed by atoms with E-state index >= 15 is 0 Å². The first-order valence-corrected chi connectivity index (χ1v) is 7.28. The summed E-state index contributed by atoms with van der Waals surface area (Å²) in [6.45, 7) is 0.814. The molecule has 0 aliphatic carbocycles. The van der Waals surface area contributed by atoms with Gasteiger partial charge in [-0.15, -0.1) is 0 Å². The van der Waals surface area contributed by atoms with Gasteiger partial charge in [-0.1, -0.05) is 30.3 Å². The molecule has 4 heteroatoms. The molecule has 0 radical (unpaired) electrons. The van der Waals surface area contributed by atoms with Gasteiger partial charge in [-0.2, -0.15) is 11.8 Å². The van der Waals surface area contributed by atoms with Crippen LogP contribution in [0.5, 0.6) is 0 Å². The van der Waals surface area contributed by atoms with Crippen LogP contribution in [0.25, 0.3) is 0 Å². The first-order valence-electron chi connectivity index (χ1n) is 5.89. The summed E-state index contributed by atoms with van der Waals surface area (Å²) in [5, 5.41) is 6.41. The summed E-state index contributed by atoms with van der Waals surface area (Å²) >= 11 is 1.77. The lowest BCUT2D eigenvalue weighted by Crippen LogP contribution is -2.54. The van der Waals surface area contributed by atoms with Crippen LogP contribution in [0.1, 0.15) is 18.0 Å². The van der Waals surface area contributed by atoms with Crippen molar-refractivity contribution < 1.29 is 4.79 Å². The van der Waals surface area contributed by atoms with Crippen molar-refractivity contribution in [3.63, 3.8) is 0 Å². The zero-order chi connectivity index (χ0) is 12.1. The number of benzene rings is 1. The summed E-state index contributed by atoms with van der Waals surface area (Å²) in [7, 11) is 0. The second-order valence-electron chi connectivity index (χ2n) is 4.21. The molecule has 0 unspecified atom stereocenters. The molecule has 1 fully saturated rings. The summed E-state index contributed by atoms with van der Waals surface area (Å²) in [6.07, 6.45) is 2.96. The quantitative estimate of drug-likeness (QED) is 0.852. The van der Waals surface area contributed by atoms with Gasteiger partial charge in [0.05, 0.1) is 12.1 Å². The molecule has 1 aromatic rings. The van der Waals surface area contributed by atoms with Crippen molar-refractivity contribution in [1.82, 2.24) is 10.6 Å². The molecule has 2 atom stereocenters. The molecule has 0 bridgehead atoms. The molecule has 1 heterocycles. The molecule has 2 rings (SSSR count). The van der Waals surface area contributed by atoms with Gasteiger partial charge in [0.25, 0.3) is 0 Å². The Hall–Kier alpha value is -1.00. The van der Waals surface area contributed by atoms with E-state index in [4.69, 9.17) is 0 Å². The summed E-state index contributed by atoms with van der Waals surface area (Å²) in [5.41, 5.74) is 1.16. The molecule has 17 heavy (non-hydrogen) atoms. The number of rotatable bonds is 4. The van der Waals surface area contributed by atoms with Crippen LogP contribution in [0.2, 0.25) is 0 Å². The SMILES string of the molecule is CSCC[C@@H]1NC[C@H](c2ccccc2)NC1=O. The van der Waals surface area contributed by atoms with Gasteiger partial charge in [-0.05, 0) is 24.0 Å². The third kappa shape index (κ3) is 3.23. The molecule has 0 spiro atoms. The fourth-order valence-electron chi connectivity index (χ4n) is 2.03. The number of thioether (sulfide) groups is 1. The lowest BCUT2D eigenvalue weighted by Gasteiger charge is -2.30. The van der Waals surface area contributed by atoms with E-state index < -0.39 is 0 Å². The molecule has 1 aromatic carbocycles. The number of piperazine rings is 1. The molecule has 0 saturated carbocycles. The monoisotopic (exact) mass is 250 g/mol. The molecular formula is C13H18N2OS. The van der Waals surface area contributed by atoms with E-state index in [0.717, 1.165) is 24.3 Å². The first-order chi connectivity index (χ1) is 8.31. The second kappa shape index (κ2) is 6.07. The van der Waals surface area contributed by atoms with Gasteiger partial charge in [0.1, 0.15) is 0 Å². The lowest BCUT2D eigenvalue weighted by atomic mass is 10.0. The van der Waals surface area contributed by atoms with Crippen molar-refractivity contribution in [2.75, 3.05) is 18.6 Å². The number of carbonyl (C=O) groups excluding carboxylic acids is 1. The van der Waals surface area contributed by atoms with Gasteiger partial charge in [0.2, 0.25) is 5.91 Å². The molecule has 0 aromatic heterocycles. The maximum absolute atomic E-state index is 11.9. The van der Waals surface area contributed by atoms with Crippen molar-refractivity contribution in [2.24, 2.45) is 0 Å². The Morgan fingerprint density at radius 1 is 1.35 bits per heavy atom. The van der Waals surface area contributed by atoms with E-state index in [1.807, 2.05) is 18.2 Å². The Labute approximate surface area is 106 Å². The van der Waals surface area contributed by atoms with Crippen LogP contribution < -0.4 is 10.6 Å².